The summed E-state index contributed by atoms with van der Waals surface area (Å²) in [5.41, 5.74) is 0.960. The van der Waals surface area contributed by atoms with Crippen LogP contribution in [0.2, 0.25) is 0 Å². The molecule has 0 fully saturated rings. The van der Waals surface area contributed by atoms with E-state index < -0.39 is 0 Å². The topological polar surface area (TPSA) is 52.6 Å². The van der Waals surface area contributed by atoms with E-state index in [-0.39, 0.29) is 11.9 Å². The second-order valence-electron chi connectivity index (χ2n) is 9.54. The summed E-state index contributed by atoms with van der Waals surface area (Å²) < 4.78 is 11.4. The van der Waals surface area contributed by atoms with E-state index in [1.54, 1.807) is 6.07 Å². The molecule has 0 amide bonds. The first-order valence-electron chi connectivity index (χ1n) is 14.2. The number of rotatable bonds is 21. The van der Waals surface area contributed by atoms with E-state index in [4.69, 9.17) is 9.47 Å². The number of benzene rings is 1. The van der Waals surface area contributed by atoms with Gasteiger partial charge in [0, 0.05) is 12.8 Å². The van der Waals surface area contributed by atoms with Crippen LogP contribution in [0.1, 0.15) is 142 Å². The molecule has 0 N–H and O–H groups in total. The molecular weight excluding hydrogens is 424 g/mol. The third-order valence-electron chi connectivity index (χ3n) is 6.27. The van der Waals surface area contributed by atoms with Gasteiger partial charge in [0.15, 0.2) is 11.5 Å². The number of aryl methyl sites for hydroxylation is 1. The summed E-state index contributed by atoms with van der Waals surface area (Å²) in [6, 6.07) is 5.64. The van der Waals surface area contributed by atoms with E-state index in [1.165, 1.54) is 57.8 Å². The SMILES string of the molecule is CCCCCCCCCCCCc1cccc(OC(=O)CCCCC)c1OC(=O)CCCCC. The first-order valence-corrected chi connectivity index (χ1v) is 14.2. The molecular formula is C30H50O4. The number of carbonyl (C=O) groups excluding carboxylic acids is 2. The van der Waals surface area contributed by atoms with Crippen LogP contribution >= 0.6 is 0 Å². The molecule has 4 heteroatoms. The fourth-order valence-electron chi connectivity index (χ4n) is 4.13. The molecule has 4 nitrogen and oxygen atoms in total. The van der Waals surface area contributed by atoms with Crippen LogP contribution < -0.4 is 9.47 Å². The van der Waals surface area contributed by atoms with Crippen molar-refractivity contribution in [3.8, 4) is 11.5 Å². The highest BCUT2D eigenvalue weighted by Gasteiger charge is 2.17. The van der Waals surface area contributed by atoms with Crippen LogP contribution in [0.15, 0.2) is 18.2 Å². The molecule has 0 atom stereocenters. The second kappa shape index (κ2) is 20.5. The van der Waals surface area contributed by atoms with Crippen molar-refractivity contribution in [1.29, 1.82) is 0 Å². The summed E-state index contributed by atoms with van der Waals surface area (Å²) in [5.74, 6) is 0.332. The van der Waals surface area contributed by atoms with Gasteiger partial charge in [-0.2, -0.15) is 0 Å². The number of hydrogen-bond donors (Lipinski definition) is 0. The van der Waals surface area contributed by atoms with Crippen LogP contribution in [-0.2, 0) is 16.0 Å². The first-order chi connectivity index (χ1) is 16.6. The highest BCUT2D eigenvalue weighted by atomic mass is 16.6. The Morgan fingerprint density at radius 2 is 1.06 bits per heavy atom. The van der Waals surface area contributed by atoms with E-state index >= 15 is 0 Å². The summed E-state index contributed by atoms with van der Waals surface area (Å²) >= 11 is 0. The minimum atomic E-state index is -0.257. The lowest BCUT2D eigenvalue weighted by atomic mass is 10.0. The highest BCUT2D eigenvalue weighted by molar-refractivity contribution is 5.76. The molecule has 0 bridgehead atoms. The zero-order valence-electron chi connectivity index (χ0n) is 22.3. The largest absolute Gasteiger partial charge is 0.423 e. The van der Waals surface area contributed by atoms with Crippen LogP contribution in [0.5, 0.6) is 11.5 Å². The zero-order valence-corrected chi connectivity index (χ0v) is 22.3. The average molecular weight is 475 g/mol. The fraction of sp³-hybridized carbons (Fsp3) is 0.733. The van der Waals surface area contributed by atoms with E-state index in [0.717, 1.165) is 56.9 Å². The molecule has 0 aliphatic heterocycles. The van der Waals surface area contributed by atoms with Gasteiger partial charge in [0.25, 0.3) is 0 Å². The van der Waals surface area contributed by atoms with Gasteiger partial charge < -0.3 is 9.47 Å². The molecule has 194 valence electrons. The maximum Gasteiger partial charge on any atom is 0.311 e. The maximum absolute atomic E-state index is 12.5. The minimum absolute atomic E-state index is 0.243. The summed E-state index contributed by atoms with van der Waals surface area (Å²) in [6.45, 7) is 6.48. The van der Waals surface area contributed by atoms with Gasteiger partial charge in [-0.05, 0) is 37.3 Å². The van der Waals surface area contributed by atoms with Crippen LogP contribution in [-0.4, -0.2) is 11.9 Å². The Morgan fingerprint density at radius 3 is 1.62 bits per heavy atom. The van der Waals surface area contributed by atoms with Crippen molar-refractivity contribution in [3.63, 3.8) is 0 Å². The van der Waals surface area contributed by atoms with Gasteiger partial charge in [0.2, 0.25) is 0 Å². The maximum atomic E-state index is 12.5. The Kier molecular flexibility index (Phi) is 18.2. The summed E-state index contributed by atoms with van der Waals surface area (Å²) in [6.07, 6.45) is 20.2. The van der Waals surface area contributed by atoms with Crippen LogP contribution in [0.25, 0.3) is 0 Å². The molecule has 0 saturated carbocycles. The van der Waals surface area contributed by atoms with Gasteiger partial charge >= 0.3 is 11.9 Å². The predicted octanol–water partition coefficient (Wildman–Crippen LogP) is 9.12. The number of hydrogen-bond acceptors (Lipinski definition) is 4. The van der Waals surface area contributed by atoms with Crippen LogP contribution in [0.3, 0.4) is 0 Å². The Labute approximate surface area is 209 Å². The van der Waals surface area contributed by atoms with Crippen molar-refractivity contribution < 1.29 is 19.1 Å². The fourth-order valence-corrected chi connectivity index (χ4v) is 4.13. The molecule has 0 radical (unpaired) electrons. The molecule has 0 heterocycles. The van der Waals surface area contributed by atoms with Crippen molar-refractivity contribution in [1.82, 2.24) is 0 Å². The van der Waals surface area contributed by atoms with E-state index in [2.05, 4.69) is 20.8 Å². The lowest BCUT2D eigenvalue weighted by Crippen LogP contribution is -2.13. The number of ether oxygens (including phenoxy) is 2. The molecule has 1 rings (SSSR count). The third kappa shape index (κ3) is 14.4. The lowest BCUT2D eigenvalue weighted by Gasteiger charge is -2.15. The number of para-hydroxylation sites is 1. The molecule has 1 aromatic rings. The monoisotopic (exact) mass is 474 g/mol. The molecule has 0 aliphatic carbocycles. The van der Waals surface area contributed by atoms with Gasteiger partial charge in [0.05, 0.1) is 0 Å². The Hall–Kier alpha value is -1.84. The van der Waals surface area contributed by atoms with Crippen molar-refractivity contribution in [2.75, 3.05) is 0 Å². The first kappa shape index (κ1) is 30.2. The Bertz CT molecular complexity index is 668. The van der Waals surface area contributed by atoms with Gasteiger partial charge in [-0.3, -0.25) is 9.59 Å². The second-order valence-corrected chi connectivity index (χ2v) is 9.54. The van der Waals surface area contributed by atoms with Gasteiger partial charge in [-0.25, -0.2) is 0 Å². The van der Waals surface area contributed by atoms with Crippen molar-refractivity contribution in [2.24, 2.45) is 0 Å². The highest BCUT2D eigenvalue weighted by Crippen LogP contribution is 2.33. The molecule has 0 aromatic heterocycles. The number of carbonyl (C=O) groups is 2. The van der Waals surface area contributed by atoms with Crippen molar-refractivity contribution in [3.05, 3.63) is 23.8 Å². The molecule has 0 unspecified atom stereocenters. The smallest absolute Gasteiger partial charge is 0.311 e. The molecule has 0 aliphatic rings. The normalized spacial score (nSPS) is 10.9. The van der Waals surface area contributed by atoms with E-state index in [0.29, 0.717) is 24.3 Å². The number of esters is 2. The number of unbranched alkanes of at least 4 members (excludes halogenated alkanes) is 13. The Morgan fingerprint density at radius 1 is 0.588 bits per heavy atom. The van der Waals surface area contributed by atoms with Gasteiger partial charge in [0.1, 0.15) is 0 Å². The average Bonchev–Trinajstić information content (AvgIpc) is 2.82. The standard InChI is InChI=1S/C30H50O4/c1-4-7-10-11-12-13-14-15-16-19-21-26-22-20-23-27(33-28(31)24-17-8-5-2)30(26)34-29(32)25-18-9-6-3/h20,22-23H,4-19,21,24-25H2,1-3H3. The van der Waals surface area contributed by atoms with Crippen LogP contribution in [0, 0.1) is 0 Å². The van der Waals surface area contributed by atoms with E-state index in [1.807, 2.05) is 12.1 Å². The minimum Gasteiger partial charge on any atom is -0.423 e. The van der Waals surface area contributed by atoms with Crippen molar-refractivity contribution in [2.45, 2.75) is 143 Å². The van der Waals surface area contributed by atoms with Gasteiger partial charge in [-0.15, -0.1) is 0 Å². The molecule has 1 aromatic carbocycles. The molecule has 0 spiro atoms. The summed E-state index contributed by atoms with van der Waals surface area (Å²) in [4.78, 5) is 24.8. The molecule has 34 heavy (non-hydrogen) atoms. The quantitative estimate of drug-likeness (QED) is 0.101. The summed E-state index contributed by atoms with van der Waals surface area (Å²) in [7, 11) is 0. The van der Waals surface area contributed by atoms with Crippen LogP contribution in [0.4, 0.5) is 0 Å². The predicted molar refractivity (Wildman–Crippen MR) is 142 cm³/mol. The Balaban J connectivity index is 2.62. The van der Waals surface area contributed by atoms with Crippen molar-refractivity contribution >= 4 is 11.9 Å². The lowest BCUT2D eigenvalue weighted by molar-refractivity contribution is -0.137. The third-order valence-corrected chi connectivity index (χ3v) is 6.27. The van der Waals surface area contributed by atoms with Gasteiger partial charge in [-0.1, -0.05) is 116 Å². The summed E-state index contributed by atoms with van der Waals surface area (Å²) in [5, 5.41) is 0. The molecule has 0 saturated heterocycles. The van der Waals surface area contributed by atoms with E-state index in [9.17, 15) is 9.59 Å². The zero-order chi connectivity index (χ0) is 24.9.